The molecule has 1 atom stereocenters. The number of aliphatic hydroxyl groups excluding tert-OH is 1. The van der Waals surface area contributed by atoms with E-state index in [1.54, 1.807) is 0 Å². The summed E-state index contributed by atoms with van der Waals surface area (Å²) in [6, 6.07) is 1.24. The summed E-state index contributed by atoms with van der Waals surface area (Å²) < 4.78 is 0. The van der Waals surface area contributed by atoms with Crippen LogP contribution >= 0.6 is 0 Å². The van der Waals surface area contributed by atoms with Crippen LogP contribution in [0.1, 0.15) is 79.1 Å². The fourth-order valence-electron chi connectivity index (χ4n) is 3.87. The molecule has 0 aliphatic heterocycles. The van der Waals surface area contributed by atoms with E-state index in [4.69, 9.17) is 0 Å². The fraction of sp³-hybridized carbons (Fsp3) is 1.00. The maximum absolute atomic E-state index is 9.82. The van der Waals surface area contributed by atoms with Gasteiger partial charge in [0, 0.05) is 17.6 Å². The highest BCUT2D eigenvalue weighted by Crippen LogP contribution is 2.24. The molecule has 0 bridgehead atoms. The van der Waals surface area contributed by atoms with Gasteiger partial charge in [0.25, 0.3) is 0 Å². The van der Waals surface area contributed by atoms with E-state index in [1.165, 1.54) is 51.6 Å². The van der Waals surface area contributed by atoms with Crippen LogP contribution in [-0.2, 0) is 0 Å². The van der Waals surface area contributed by atoms with Gasteiger partial charge in [0.2, 0.25) is 0 Å². The fourth-order valence-corrected chi connectivity index (χ4v) is 3.87. The summed E-state index contributed by atoms with van der Waals surface area (Å²) in [6.45, 7) is 11.4. The molecule has 3 heteroatoms. The van der Waals surface area contributed by atoms with Crippen LogP contribution < -0.4 is 5.32 Å². The lowest BCUT2D eigenvalue weighted by molar-refractivity contribution is 0.118. The SMILES string of the molecule is CCN(CCCC(CC)(CO)NC(C)C)C1CCCCC1. The van der Waals surface area contributed by atoms with Gasteiger partial charge < -0.3 is 15.3 Å². The number of nitrogens with one attached hydrogen (secondary N) is 1. The summed E-state index contributed by atoms with van der Waals surface area (Å²) in [5.74, 6) is 0. The molecule has 0 radical (unpaired) electrons. The molecule has 0 aromatic carbocycles. The highest BCUT2D eigenvalue weighted by Gasteiger charge is 2.28. The van der Waals surface area contributed by atoms with Crippen molar-refractivity contribution in [2.24, 2.45) is 0 Å². The zero-order valence-corrected chi connectivity index (χ0v) is 14.8. The highest BCUT2D eigenvalue weighted by atomic mass is 16.3. The molecule has 1 aliphatic rings. The van der Waals surface area contributed by atoms with Gasteiger partial charge in [-0.3, -0.25) is 0 Å². The lowest BCUT2D eigenvalue weighted by atomic mass is 9.89. The highest BCUT2D eigenvalue weighted by molar-refractivity contribution is 4.88. The van der Waals surface area contributed by atoms with Crippen molar-refractivity contribution in [3.05, 3.63) is 0 Å². The Morgan fingerprint density at radius 1 is 1.19 bits per heavy atom. The van der Waals surface area contributed by atoms with Gasteiger partial charge in [-0.1, -0.05) is 47.0 Å². The van der Waals surface area contributed by atoms with E-state index in [0.717, 1.165) is 18.9 Å². The minimum absolute atomic E-state index is 0.0832. The topological polar surface area (TPSA) is 35.5 Å². The van der Waals surface area contributed by atoms with Crippen molar-refractivity contribution < 1.29 is 5.11 Å². The number of aliphatic hydroxyl groups is 1. The van der Waals surface area contributed by atoms with Gasteiger partial charge in [-0.05, 0) is 45.2 Å². The Hall–Kier alpha value is -0.120. The third-order valence-corrected chi connectivity index (χ3v) is 5.17. The molecule has 1 fully saturated rings. The zero-order chi connectivity index (χ0) is 15.7. The molecule has 3 nitrogen and oxygen atoms in total. The van der Waals surface area contributed by atoms with Gasteiger partial charge in [0.1, 0.15) is 0 Å². The third kappa shape index (κ3) is 6.25. The summed E-state index contributed by atoms with van der Waals surface area (Å²) in [7, 11) is 0. The molecule has 1 rings (SSSR count). The van der Waals surface area contributed by atoms with Gasteiger partial charge in [-0.2, -0.15) is 0 Å². The maximum Gasteiger partial charge on any atom is 0.0613 e. The van der Waals surface area contributed by atoms with Crippen molar-refractivity contribution in [2.75, 3.05) is 19.7 Å². The normalized spacial score (nSPS) is 20.1. The lowest BCUT2D eigenvalue weighted by Gasteiger charge is -2.37. The Bertz CT molecular complexity index is 258. The number of rotatable bonds is 10. The Morgan fingerprint density at radius 2 is 1.86 bits per heavy atom. The van der Waals surface area contributed by atoms with E-state index in [9.17, 15) is 5.11 Å². The van der Waals surface area contributed by atoms with Gasteiger partial charge in [0.15, 0.2) is 0 Å². The van der Waals surface area contributed by atoms with Crippen LogP contribution in [0.2, 0.25) is 0 Å². The Morgan fingerprint density at radius 3 is 2.33 bits per heavy atom. The number of nitrogens with zero attached hydrogens (tertiary/aromatic N) is 1. The molecule has 21 heavy (non-hydrogen) atoms. The average molecular weight is 299 g/mol. The van der Waals surface area contributed by atoms with Crippen LogP contribution in [0.15, 0.2) is 0 Å². The van der Waals surface area contributed by atoms with Crippen molar-refractivity contribution in [1.29, 1.82) is 0 Å². The molecular weight excluding hydrogens is 260 g/mol. The quantitative estimate of drug-likeness (QED) is 0.647. The first-order valence-corrected chi connectivity index (χ1v) is 9.19. The van der Waals surface area contributed by atoms with Crippen LogP contribution in [0, 0.1) is 0 Å². The summed E-state index contributed by atoms with van der Waals surface area (Å²) in [4.78, 5) is 2.67. The van der Waals surface area contributed by atoms with Gasteiger partial charge >= 0.3 is 0 Å². The second kappa shape index (κ2) is 9.81. The number of hydrogen-bond acceptors (Lipinski definition) is 3. The van der Waals surface area contributed by atoms with E-state index in [0.29, 0.717) is 6.04 Å². The standard InChI is InChI=1S/C18H38N2O/c1-5-18(15-21,19-16(3)4)13-10-14-20(6-2)17-11-8-7-9-12-17/h16-17,19,21H,5-15H2,1-4H3. The number of hydrogen-bond donors (Lipinski definition) is 2. The third-order valence-electron chi connectivity index (χ3n) is 5.17. The van der Waals surface area contributed by atoms with E-state index in [1.807, 2.05) is 0 Å². The average Bonchev–Trinajstić information content (AvgIpc) is 2.51. The largest absolute Gasteiger partial charge is 0.394 e. The molecular formula is C18H38N2O. The molecule has 1 unspecified atom stereocenters. The predicted octanol–water partition coefficient (Wildman–Crippen LogP) is 3.56. The van der Waals surface area contributed by atoms with E-state index >= 15 is 0 Å². The summed E-state index contributed by atoms with van der Waals surface area (Å²) in [6.07, 6.45) is 10.3. The molecule has 1 saturated carbocycles. The Kier molecular flexibility index (Phi) is 8.84. The Balaban J connectivity index is 2.43. The second-order valence-corrected chi connectivity index (χ2v) is 7.12. The predicted molar refractivity (Wildman–Crippen MR) is 91.7 cm³/mol. The monoisotopic (exact) mass is 298 g/mol. The van der Waals surface area contributed by atoms with E-state index in [2.05, 4.69) is 37.9 Å². The minimum atomic E-state index is -0.0832. The van der Waals surface area contributed by atoms with Crippen LogP contribution in [-0.4, -0.2) is 47.3 Å². The van der Waals surface area contributed by atoms with Gasteiger partial charge in [-0.15, -0.1) is 0 Å². The Labute approximate surface area is 132 Å². The smallest absolute Gasteiger partial charge is 0.0613 e. The first-order valence-electron chi connectivity index (χ1n) is 9.19. The molecule has 0 aromatic heterocycles. The first kappa shape index (κ1) is 18.9. The lowest BCUT2D eigenvalue weighted by Crippen LogP contribution is -2.51. The molecule has 1 aliphatic carbocycles. The second-order valence-electron chi connectivity index (χ2n) is 7.12. The molecule has 0 amide bonds. The van der Waals surface area contributed by atoms with Crippen molar-refractivity contribution in [1.82, 2.24) is 10.2 Å². The van der Waals surface area contributed by atoms with Crippen LogP contribution in [0.25, 0.3) is 0 Å². The van der Waals surface area contributed by atoms with Gasteiger partial charge in [0.05, 0.1) is 6.61 Å². The van der Waals surface area contributed by atoms with Crippen molar-refractivity contribution in [2.45, 2.75) is 96.7 Å². The van der Waals surface area contributed by atoms with Crippen molar-refractivity contribution >= 4 is 0 Å². The summed E-state index contributed by atoms with van der Waals surface area (Å²) in [5, 5.41) is 13.4. The zero-order valence-electron chi connectivity index (χ0n) is 14.8. The van der Waals surface area contributed by atoms with Crippen LogP contribution in [0.3, 0.4) is 0 Å². The van der Waals surface area contributed by atoms with Crippen molar-refractivity contribution in [3.8, 4) is 0 Å². The minimum Gasteiger partial charge on any atom is -0.394 e. The molecule has 126 valence electrons. The molecule has 0 spiro atoms. The summed E-state index contributed by atoms with van der Waals surface area (Å²) >= 11 is 0. The molecule has 0 saturated heterocycles. The van der Waals surface area contributed by atoms with E-state index < -0.39 is 0 Å². The molecule has 2 N–H and O–H groups in total. The summed E-state index contributed by atoms with van der Waals surface area (Å²) in [5.41, 5.74) is -0.0832. The van der Waals surface area contributed by atoms with E-state index in [-0.39, 0.29) is 12.1 Å². The van der Waals surface area contributed by atoms with Crippen LogP contribution in [0.4, 0.5) is 0 Å². The van der Waals surface area contributed by atoms with Crippen LogP contribution in [0.5, 0.6) is 0 Å². The van der Waals surface area contributed by atoms with Crippen molar-refractivity contribution in [3.63, 3.8) is 0 Å². The molecule has 0 aromatic rings. The maximum atomic E-state index is 9.82. The molecule has 0 heterocycles. The van der Waals surface area contributed by atoms with Gasteiger partial charge in [-0.25, -0.2) is 0 Å². The first-order chi connectivity index (χ1) is 10.1.